The molecule has 0 saturated carbocycles. The van der Waals surface area contributed by atoms with Crippen LogP contribution in [0.1, 0.15) is 20.7 Å². The van der Waals surface area contributed by atoms with Crippen molar-refractivity contribution in [2.75, 3.05) is 0 Å². The van der Waals surface area contributed by atoms with Gasteiger partial charge in [-0.3, -0.25) is 9.59 Å². The van der Waals surface area contributed by atoms with Crippen LogP contribution in [0.25, 0.3) is 0 Å². The summed E-state index contributed by atoms with van der Waals surface area (Å²) in [7, 11) is -1.30. The van der Waals surface area contributed by atoms with Gasteiger partial charge in [0.05, 0.1) is 0 Å². The van der Waals surface area contributed by atoms with Crippen molar-refractivity contribution in [2.45, 2.75) is 6.55 Å². The number of ketones is 2. The quantitative estimate of drug-likeness (QED) is 0.375. The van der Waals surface area contributed by atoms with Gasteiger partial charge >= 0.3 is 0 Å². The van der Waals surface area contributed by atoms with E-state index in [0.29, 0.717) is 11.1 Å². The van der Waals surface area contributed by atoms with Crippen molar-refractivity contribution in [2.24, 2.45) is 0 Å². The van der Waals surface area contributed by atoms with Crippen molar-refractivity contribution >= 4 is 35.9 Å². The summed E-state index contributed by atoms with van der Waals surface area (Å²) in [5.41, 5.74) is 0.824. The number of hydrogen-bond donors (Lipinski definition) is 0. The molecule has 0 unspecified atom stereocenters. The lowest BCUT2D eigenvalue weighted by Crippen LogP contribution is -2.30. The molecule has 0 aromatic heterocycles. The third-order valence-corrected chi connectivity index (χ3v) is 4.57. The minimum Gasteiger partial charge on any atom is -0.285 e. The lowest BCUT2D eigenvalue weighted by molar-refractivity contribution is 0.0817. The molecule has 0 spiro atoms. The standard InChI is InChI=1S/C15H12ClO2Si/c1-19(16)13-10-6-5-9-12(13)15(18)14(17)11-7-3-2-4-8-11/h2-10H,1H3. The van der Waals surface area contributed by atoms with E-state index in [1.54, 1.807) is 42.5 Å². The smallest absolute Gasteiger partial charge is 0.233 e. The van der Waals surface area contributed by atoms with Crippen LogP contribution in [0.5, 0.6) is 0 Å². The van der Waals surface area contributed by atoms with Gasteiger partial charge < -0.3 is 0 Å². The van der Waals surface area contributed by atoms with Gasteiger partial charge in [0.1, 0.15) is 0 Å². The highest BCUT2D eigenvalue weighted by Crippen LogP contribution is 2.08. The van der Waals surface area contributed by atoms with Crippen LogP contribution in [0, 0.1) is 0 Å². The summed E-state index contributed by atoms with van der Waals surface area (Å²) < 4.78 is 0. The van der Waals surface area contributed by atoms with Crippen molar-refractivity contribution in [1.82, 2.24) is 0 Å². The van der Waals surface area contributed by atoms with Crippen LogP contribution in [0.15, 0.2) is 54.6 Å². The Balaban J connectivity index is 2.38. The minimum absolute atomic E-state index is 0.404. The SMILES string of the molecule is C[Si](Cl)c1ccccc1C(=O)C(=O)c1ccccc1. The number of Topliss-reactive ketones (excluding diaryl/α,β-unsaturated/α-hetero) is 2. The minimum atomic E-state index is -1.30. The van der Waals surface area contributed by atoms with Gasteiger partial charge in [-0.2, -0.15) is 11.1 Å². The van der Waals surface area contributed by atoms with Crippen molar-refractivity contribution in [1.29, 1.82) is 0 Å². The molecule has 0 aliphatic heterocycles. The van der Waals surface area contributed by atoms with Gasteiger partial charge in [-0.05, 0) is 5.19 Å². The van der Waals surface area contributed by atoms with Crippen molar-refractivity contribution in [3.05, 3.63) is 65.7 Å². The first kappa shape index (κ1) is 13.7. The number of carbonyl (C=O) groups excluding carboxylic acids is 2. The normalized spacial score (nSPS) is 10.5. The van der Waals surface area contributed by atoms with E-state index in [0.717, 1.165) is 5.19 Å². The van der Waals surface area contributed by atoms with Gasteiger partial charge in [0.25, 0.3) is 0 Å². The largest absolute Gasteiger partial charge is 0.285 e. The van der Waals surface area contributed by atoms with Crippen molar-refractivity contribution in [3.63, 3.8) is 0 Å². The van der Waals surface area contributed by atoms with Crippen LogP contribution >= 0.6 is 11.1 Å². The first-order valence-corrected chi connectivity index (χ1v) is 8.85. The maximum Gasteiger partial charge on any atom is 0.233 e. The van der Waals surface area contributed by atoms with Crippen LogP contribution < -0.4 is 5.19 Å². The summed E-state index contributed by atoms with van der Waals surface area (Å²) in [6.07, 6.45) is 0. The molecule has 2 aromatic carbocycles. The van der Waals surface area contributed by atoms with E-state index in [4.69, 9.17) is 11.1 Å². The molecule has 0 N–H and O–H groups in total. The lowest BCUT2D eigenvalue weighted by Gasteiger charge is -2.08. The number of rotatable bonds is 4. The molecule has 4 heteroatoms. The molecule has 95 valence electrons. The topological polar surface area (TPSA) is 34.1 Å². The molecule has 1 radical (unpaired) electrons. The summed E-state index contributed by atoms with van der Waals surface area (Å²) >= 11 is 6.14. The molecule has 2 rings (SSSR count). The van der Waals surface area contributed by atoms with Gasteiger partial charge in [0.15, 0.2) is 8.11 Å². The first-order valence-electron chi connectivity index (χ1n) is 5.84. The molecule has 0 atom stereocenters. The third-order valence-electron chi connectivity index (χ3n) is 2.79. The fourth-order valence-electron chi connectivity index (χ4n) is 1.82. The molecule has 0 aliphatic rings. The van der Waals surface area contributed by atoms with Gasteiger partial charge in [-0.15, -0.1) is 0 Å². The zero-order valence-corrected chi connectivity index (χ0v) is 12.1. The van der Waals surface area contributed by atoms with Crippen LogP contribution in [0.4, 0.5) is 0 Å². The lowest BCUT2D eigenvalue weighted by atomic mass is 10.0. The summed E-state index contributed by atoms with van der Waals surface area (Å²) in [5, 5.41) is 0.781. The summed E-state index contributed by atoms with van der Waals surface area (Å²) in [6.45, 7) is 1.88. The number of halogens is 1. The predicted molar refractivity (Wildman–Crippen MR) is 78.7 cm³/mol. The molecular formula is C15H12ClO2Si. The van der Waals surface area contributed by atoms with Crippen LogP contribution in [-0.4, -0.2) is 19.7 Å². The van der Waals surface area contributed by atoms with Crippen LogP contribution in [-0.2, 0) is 0 Å². The van der Waals surface area contributed by atoms with Gasteiger partial charge in [-0.1, -0.05) is 61.1 Å². The zero-order valence-electron chi connectivity index (χ0n) is 10.4. The van der Waals surface area contributed by atoms with Gasteiger partial charge in [0, 0.05) is 11.1 Å². The maximum absolute atomic E-state index is 12.3. The fraction of sp³-hybridized carbons (Fsp3) is 0.0667. The third kappa shape index (κ3) is 3.00. The molecule has 0 fully saturated rings. The highest BCUT2D eigenvalue weighted by atomic mass is 35.6. The molecular weight excluding hydrogens is 276 g/mol. The van der Waals surface area contributed by atoms with E-state index in [1.165, 1.54) is 0 Å². The van der Waals surface area contributed by atoms with E-state index < -0.39 is 19.7 Å². The van der Waals surface area contributed by atoms with Gasteiger partial charge in [-0.25, -0.2) is 0 Å². The molecule has 0 heterocycles. The number of benzene rings is 2. The Morgan fingerprint density at radius 1 is 0.895 bits per heavy atom. The highest BCUT2D eigenvalue weighted by Gasteiger charge is 2.22. The van der Waals surface area contributed by atoms with E-state index in [-0.39, 0.29) is 0 Å². The van der Waals surface area contributed by atoms with E-state index in [1.807, 2.05) is 18.7 Å². The Kier molecular flexibility index (Phi) is 4.30. The number of hydrogen-bond acceptors (Lipinski definition) is 2. The Morgan fingerprint density at radius 2 is 1.47 bits per heavy atom. The average Bonchev–Trinajstić information content (AvgIpc) is 2.46. The molecule has 2 aromatic rings. The molecule has 0 bridgehead atoms. The van der Waals surface area contributed by atoms with Gasteiger partial charge in [0.2, 0.25) is 11.6 Å². The van der Waals surface area contributed by atoms with Crippen LogP contribution in [0.2, 0.25) is 6.55 Å². The monoisotopic (exact) mass is 287 g/mol. The van der Waals surface area contributed by atoms with E-state index in [2.05, 4.69) is 0 Å². The highest BCUT2D eigenvalue weighted by molar-refractivity contribution is 7.14. The summed E-state index contributed by atoms with van der Waals surface area (Å²) in [4.78, 5) is 24.4. The number of carbonyl (C=O) groups is 2. The predicted octanol–water partition coefficient (Wildman–Crippen LogP) is 2.82. The molecule has 0 aliphatic carbocycles. The van der Waals surface area contributed by atoms with E-state index in [9.17, 15) is 9.59 Å². The second-order valence-electron chi connectivity index (χ2n) is 4.10. The van der Waals surface area contributed by atoms with E-state index >= 15 is 0 Å². The average molecular weight is 288 g/mol. The Labute approximate surface area is 118 Å². The Morgan fingerprint density at radius 3 is 2.11 bits per heavy atom. The summed E-state index contributed by atoms with van der Waals surface area (Å²) in [5.74, 6) is -0.986. The molecule has 19 heavy (non-hydrogen) atoms. The van der Waals surface area contributed by atoms with Crippen molar-refractivity contribution in [3.8, 4) is 0 Å². The van der Waals surface area contributed by atoms with Crippen molar-refractivity contribution < 1.29 is 9.59 Å². The second kappa shape index (κ2) is 5.95. The summed E-state index contributed by atoms with van der Waals surface area (Å²) in [6, 6.07) is 15.6. The Hall–Kier alpha value is -1.71. The molecule has 0 amide bonds. The zero-order chi connectivity index (χ0) is 13.8. The Bertz CT molecular complexity index is 609. The second-order valence-corrected chi connectivity index (χ2v) is 7.41. The molecule has 0 saturated heterocycles. The first-order chi connectivity index (χ1) is 9.11. The van der Waals surface area contributed by atoms with Crippen LogP contribution in [0.3, 0.4) is 0 Å². The molecule has 2 nitrogen and oxygen atoms in total. The maximum atomic E-state index is 12.3. The fourth-order valence-corrected chi connectivity index (χ4v) is 3.21.